The second-order valence-corrected chi connectivity index (χ2v) is 6.52. The Hall–Kier alpha value is -2.45. The molecule has 124 valence electrons. The minimum Gasteiger partial charge on any atom is -0.384 e. The van der Waals surface area contributed by atoms with Crippen LogP contribution in [0.2, 0.25) is 0 Å². The number of aromatic nitrogens is 2. The van der Waals surface area contributed by atoms with Gasteiger partial charge in [-0.25, -0.2) is 0 Å². The summed E-state index contributed by atoms with van der Waals surface area (Å²) in [6.45, 7) is 5.76. The summed E-state index contributed by atoms with van der Waals surface area (Å²) in [5.74, 6) is 0.486. The number of nitriles is 1. The van der Waals surface area contributed by atoms with E-state index in [9.17, 15) is 5.26 Å². The van der Waals surface area contributed by atoms with Gasteiger partial charge in [-0.05, 0) is 57.5 Å². The second-order valence-electron chi connectivity index (χ2n) is 6.52. The van der Waals surface area contributed by atoms with Crippen molar-refractivity contribution in [1.82, 2.24) is 14.9 Å². The molecule has 1 N–H and O–H groups in total. The van der Waals surface area contributed by atoms with Crippen LogP contribution in [-0.2, 0) is 0 Å². The van der Waals surface area contributed by atoms with Gasteiger partial charge in [0.15, 0.2) is 0 Å². The van der Waals surface area contributed by atoms with Crippen molar-refractivity contribution in [3.63, 3.8) is 0 Å². The molecule has 0 saturated carbocycles. The molecule has 2 atom stereocenters. The van der Waals surface area contributed by atoms with Crippen molar-refractivity contribution in [3.8, 4) is 6.07 Å². The van der Waals surface area contributed by atoms with E-state index in [0.717, 1.165) is 36.6 Å². The van der Waals surface area contributed by atoms with Gasteiger partial charge < -0.3 is 5.32 Å². The lowest BCUT2D eigenvalue weighted by Crippen LogP contribution is -2.25. The molecule has 24 heavy (non-hydrogen) atoms. The second kappa shape index (κ2) is 6.98. The van der Waals surface area contributed by atoms with Gasteiger partial charge in [0.1, 0.15) is 6.07 Å². The van der Waals surface area contributed by atoms with Gasteiger partial charge in [-0.2, -0.15) is 5.26 Å². The standard InChI is InChI=1S/C19H23N5/c1-13-9-18(17(10-20)14(2)23-13)22-12-16-6-8-24(3)19(16)15-5-4-7-21-11-15/h4-5,7,9,11,16,19H,6,8,12H2,1-3H3,(H,22,23)/t16-,19-/m0/s1. The third-order valence-corrected chi connectivity index (χ3v) is 4.79. The number of aryl methyl sites for hydroxylation is 2. The molecule has 0 aromatic carbocycles. The average molecular weight is 321 g/mol. The molecule has 2 aromatic rings. The van der Waals surface area contributed by atoms with Crippen molar-refractivity contribution in [1.29, 1.82) is 5.26 Å². The maximum Gasteiger partial charge on any atom is 0.103 e. The number of hydrogen-bond acceptors (Lipinski definition) is 5. The number of rotatable bonds is 4. The zero-order chi connectivity index (χ0) is 17.1. The molecule has 0 amide bonds. The normalized spacial score (nSPS) is 20.8. The highest BCUT2D eigenvalue weighted by molar-refractivity contribution is 5.59. The van der Waals surface area contributed by atoms with Crippen molar-refractivity contribution >= 4 is 5.69 Å². The first kappa shape index (κ1) is 16.4. The third kappa shape index (κ3) is 3.24. The first-order valence-electron chi connectivity index (χ1n) is 8.32. The molecule has 1 saturated heterocycles. The largest absolute Gasteiger partial charge is 0.384 e. The van der Waals surface area contributed by atoms with Crippen molar-refractivity contribution < 1.29 is 0 Å². The number of anilines is 1. The molecule has 0 spiro atoms. The summed E-state index contributed by atoms with van der Waals surface area (Å²) in [6.07, 6.45) is 4.91. The van der Waals surface area contributed by atoms with E-state index in [4.69, 9.17) is 0 Å². The van der Waals surface area contributed by atoms with Crippen LogP contribution in [0.15, 0.2) is 30.6 Å². The number of hydrogen-bond donors (Lipinski definition) is 1. The van der Waals surface area contributed by atoms with Crippen LogP contribution in [0.4, 0.5) is 5.69 Å². The fraction of sp³-hybridized carbons (Fsp3) is 0.421. The van der Waals surface area contributed by atoms with Crippen LogP contribution >= 0.6 is 0 Å². The Morgan fingerprint density at radius 2 is 2.25 bits per heavy atom. The van der Waals surface area contributed by atoms with Crippen LogP contribution in [0.3, 0.4) is 0 Å². The van der Waals surface area contributed by atoms with Crippen molar-refractivity contribution in [2.75, 3.05) is 25.5 Å². The van der Waals surface area contributed by atoms with E-state index in [2.05, 4.69) is 39.4 Å². The van der Waals surface area contributed by atoms with Crippen LogP contribution in [-0.4, -0.2) is 35.0 Å². The Morgan fingerprint density at radius 3 is 2.96 bits per heavy atom. The molecule has 2 aromatic heterocycles. The Kier molecular flexibility index (Phi) is 4.77. The monoisotopic (exact) mass is 321 g/mol. The predicted octanol–water partition coefficient (Wildman–Crippen LogP) is 3.07. The lowest BCUT2D eigenvalue weighted by atomic mass is 9.94. The lowest BCUT2D eigenvalue weighted by Gasteiger charge is -2.26. The predicted molar refractivity (Wildman–Crippen MR) is 94.6 cm³/mol. The molecule has 5 nitrogen and oxygen atoms in total. The van der Waals surface area contributed by atoms with E-state index >= 15 is 0 Å². The Balaban J connectivity index is 1.78. The van der Waals surface area contributed by atoms with Gasteiger partial charge in [0.2, 0.25) is 0 Å². The zero-order valence-electron chi connectivity index (χ0n) is 14.5. The number of pyridine rings is 2. The summed E-state index contributed by atoms with van der Waals surface area (Å²) < 4.78 is 0. The van der Waals surface area contributed by atoms with E-state index in [1.54, 1.807) is 0 Å². The fourth-order valence-electron chi connectivity index (χ4n) is 3.67. The van der Waals surface area contributed by atoms with E-state index in [0.29, 0.717) is 17.5 Å². The topological polar surface area (TPSA) is 64.8 Å². The lowest BCUT2D eigenvalue weighted by molar-refractivity contribution is 0.281. The highest BCUT2D eigenvalue weighted by Crippen LogP contribution is 2.36. The molecule has 1 aliphatic heterocycles. The molecule has 0 aliphatic carbocycles. The molecule has 0 unspecified atom stereocenters. The van der Waals surface area contributed by atoms with Gasteiger partial charge in [-0.3, -0.25) is 14.9 Å². The Bertz CT molecular complexity index is 750. The molecule has 3 heterocycles. The molecular weight excluding hydrogens is 298 g/mol. The van der Waals surface area contributed by atoms with Gasteiger partial charge in [0.05, 0.1) is 16.9 Å². The summed E-state index contributed by atoms with van der Waals surface area (Å²) in [5.41, 5.74) is 4.51. The molecular formula is C19H23N5. The molecule has 1 aliphatic rings. The van der Waals surface area contributed by atoms with Crippen LogP contribution in [0.5, 0.6) is 0 Å². The van der Waals surface area contributed by atoms with Crippen LogP contribution in [0.25, 0.3) is 0 Å². The molecule has 3 rings (SSSR count). The smallest absolute Gasteiger partial charge is 0.103 e. The van der Waals surface area contributed by atoms with Crippen LogP contribution in [0.1, 0.15) is 35.0 Å². The summed E-state index contributed by atoms with van der Waals surface area (Å²) in [5, 5.41) is 12.9. The number of nitrogens with one attached hydrogen (secondary N) is 1. The number of likely N-dealkylation sites (tertiary alicyclic amines) is 1. The minimum absolute atomic E-state index is 0.362. The van der Waals surface area contributed by atoms with E-state index < -0.39 is 0 Å². The maximum atomic E-state index is 9.41. The van der Waals surface area contributed by atoms with Crippen molar-refractivity contribution in [3.05, 3.63) is 53.1 Å². The van der Waals surface area contributed by atoms with Gasteiger partial charge in [-0.1, -0.05) is 6.07 Å². The molecule has 0 radical (unpaired) electrons. The van der Waals surface area contributed by atoms with Crippen molar-refractivity contribution in [2.24, 2.45) is 5.92 Å². The van der Waals surface area contributed by atoms with E-state index in [-0.39, 0.29) is 0 Å². The highest BCUT2D eigenvalue weighted by Gasteiger charge is 2.33. The molecule has 5 heteroatoms. The van der Waals surface area contributed by atoms with Gasteiger partial charge in [0.25, 0.3) is 0 Å². The third-order valence-electron chi connectivity index (χ3n) is 4.79. The van der Waals surface area contributed by atoms with Gasteiger partial charge in [-0.15, -0.1) is 0 Å². The first-order valence-corrected chi connectivity index (χ1v) is 8.32. The molecule has 0 bridgehead atoms. The minimum atomic E-state index is 0.362. The van der Waals surface area contributed by atoms with Crippen LogP contribution in [0, 0.1) is 31.1 Å². The summed E-state index contributed by atoms with van der Waals surface area (Å²) in [7, 11) is 2.17. The SMILES string of the molecule is Cc1cc(NC[C@@H]2CCN(C)[C@H]2c2cccnc2)c(C#N)c(C)n1. The van der Waals surface area contributed by atoms with E-state index in [1.165, 1.54) is 5.56 Å². The quantitative estimate of drug-likeness (QED) is 0.937. The van der Waals surface area contributed by atoms with Crippen LogP contribution < -0.4 is 5.32 Å². The average Bonchev–Trinajstić information content (AvgIpc) is 2.94. The molecule has 1 fully saturated rings. The van der Waals surface area contributed by atoms with Gasteiger partial charge >= 0.3 is 0 Å². The first-order chi connectivity index (χ1) is 11.6. The summed E-state index contributed by atoms with van der Waals surface area (Å²) in [4.78, 5) is 11.0. The summed E-state index contributed by atoms with van der Waals surface area (Å²) >= 11 is 0. The van der Waals surface area contributed by atoms with Gasteiger partial charge in [0, 0.05) is 30.7 Å². The number of nitrogens with zero attached hydrogens (tertiary/aromatic N) is 4. The fourth-order valence-corrected chi connectivity index (χ4v) is 3.67. The van der Waals surface area contributed by atoms with Crippen molar-refractivity contribution in [2.45, 2.75) is 26.3 Å². The zero-order valence-corrected chi connectivity index (χ0v) is 14.5. The maximum absolute atomic E-state index is 9.41. The Morgan fingerprint density at radius 1 is 1.42 bits per heavy atom. The Labute approximate surface area is 143 Å². The van der Waals surface area contributed by atoms with E-state index in [1.807, 2.05) is 38.4 Å². The highest BCUT2D eigenvalue weighted by atomic mass is 15.2. The summed E-state index contributed by atoms with van der Waals surface area (Å²) in [6, 6.07) is 8.74.